The first kappa shape index (κ1) is 14.2. The highest BCUT2D eigenvalue weighted by Crippen LogP contribution is 2.23. The molecule has 0 aromatic heterocycles. The van der Waals surface area contributed by atoms with Crippen LogP contribution in [0.4, 0.5) is 0 Å². The van der Waals surface area contributed by atoms with Gasteiger partial charge in [-0.3, -0.25) is 0 Å². The molecule has 1 aromatic rings. The first-order valence-electron chi connectivity index (χ1n) is 6.29. The molecule has 0 fully saturated rings. The summed E-state index contributed by atoms with van der Waals surface area (Å²) in [6.45, 7) is 12.5. The van der Waals surface area contributed by atoms with Crippen LogP contribution < -0.4 is 11.1 Å². The summed E-state index contributed by atoms with van der Waals surface area (Å²) in [6.07, 6.45) is 0. The lowest BCUT2D eigenvalue weighted by Crippen LogP contribution is -2.50. The summed E-state index contributed by atoms with van der Waals surface area (Å²) >= 11 is 0. The standard InChI is InChI=1S/C15H26N2/c1-12-7-6-8-13(9-12)14(2,3)11-17-15(4,5)10-16/h6-9,17H,10-11,16H2,1-5H3. The smallest absolute Gasteiger partial charge is 0.0247 e. The largest absolute Gasteiger partial charge is 0.329 e. The fourth-order valence-corrected chi connectivity index (χ4v) is 1.70. The molecule has 0 aliphatic carbocycles. The normalized spacial score (nSPS) is 12.8. The van der Waals surface area contributed by atoms with Crippen LogP contribution in [0.5, 0.6) is 0 Å². The molecule has 0 bridgehead atoms. The summed E-state index contributed by atoms with van der Waals surface area (Å²) in [7, 11) is 0. The van der Waals surface area contributed by atoms with Crippen LogP contribution in [-0.4, -0.2) is 18.6 Å². The second kappa shape index (κ2) is 5.19. The molecule has 1 aromatic carbocycles. The molecule has 0 spiro atoms. The van der Waals surface area contributed by atoms with E-state index in [1.165, 1.54) is 11.1 Å². The third-order valence-corrected chi connectivity index (χ3v) is 3.32. The van der Waals surface area contributed by atoms with E-state index in [0.717, 1.165) is 6.54 Å². The first-order chi connectivity index (χ1) is 7.77. The predicted octanol–water partition coefficient (Wildman–Crippen LogP) is 2.60. The lowest BCUT2D eigenvalue weighted by atomic mass is 9.83. The summed E-state index contributed by atoms with van der Waals surface area (Å²) < 4.78 is 0. The van der Waals surface area contributed by atoms with Crippen LogP contribution in [0.2, 0.25) is 0 Å². The molecule has 0 saturated heterocycles. The van der Waals surface area contributed by atoms with E-state index in [4.69, 9.17) is 5.73 Å². The van der Waals surface area contributed by atoms with E-state index in [0.29, 0.717) is 6.54 Å². The van der Waals surface area contributed by atoms with Crippen LogP contribution in [0, 0.1) is 6.92 Å². The van der Waals surface area contributed by atoms with E-state index >= 15 is 0 Å². The maximum atomic E-state index is 5.74. The topological polar surface area (TPSA) is 38.0 Å². The Morgan fingerprint density at radius 2 is 1.82 bits per heavy atom. The molecule has 2 nitrogen and oxygen atoms in total. The highest BCUT2D eigenvalue weighted by atomic mass is 15.0. The lowest BCUT2D eigenvalue weighted by Gasteiger charge is -2.32. The van der Waals surface area contributed by atoms with Crippen molar-refractivity contribution in [3.8, 4) is 0 Å². The van der Waals surface area contributed by atoms with Crippen molar-refractivity contribution in [3.05, 3.63) is 35.4 Å². The van der Waals surface area contributed by atoms with Crippen LogP contribution in [0.1, 0.15) is 38.8 Å². The average molecular weight is 234 g/mol. The van der Waals surface area contributed by atoms with Crippen LogP contribution in [0.3, 0.4) is 0 Å². The van der Waals surface area contributed by atoms with Gasteiger partial charge in [-0.25, -0.2) is 0 Å². The van der Waals surface area contributed by atoms with Gasteiger partial charge in [0.25, 0.3) is 0 Å². The number of nitrogens with two attached hydrogens (primary N) is 1. The van der Waals surface area contributed by atoms with Crippen molar-refractivity contribution < 1.29 is 0 Å². The van der Waals surface area contributed by atoms with Crippen molar-refractivity contribution in [2.75, 3.05) is 13.1 Å². The van der Waals surface area contributed by atoms with Crippen molar-refractivity contribution in [2.45, 2.75) is 45.6 Å². The van der Waals surface area contributed by atoms with Gasteiger partial charge in [0.05, 0.1) is 0 Å². The molecule has 0 amide bonds. The van der Waals surface area contributed by atoms with E-state index in [-0.39, 0.29) is 11.0 Å². The third kappa shape index (κ3) is 4.14. The van der Waals surface area contributed by atoms with Crippen LogP contribution in [-0.2, 0) is 5.41 Å². The summed E-state index contributed by atoms with van der Waals surface area (Å²) in [5.41, 5.74) is 8.55. The van der Waals surface area contributed by atoms with Crippen molar-refractivity contribution >= 4 is 0 Å². The maximum absolute atomic E-state index is 5.74. The summed E-state index contributed by atoms with van der Waals surface area (Å²) in [6, 6.07) is 8.72. The molecule has 0 aliphatic heterocycles. The molecule has 3 N–H and O–H groups in total. The number of rotatable bonds is 5. The monoisotopic (exact) mass is 234 g/mol. The molecule has 1 rings (SSSR count). The minimum Gasteiger partial charge on any atom is -0.329 e. The van der Waals surface area contributed by atoms with E-state index in [2.05, 4.69) is 64.2 Å². The Hall–Kier alpha value is -0.860. The molecular weight excluding hydrogens is 208 g/mol. The lowest BCUT2D eigenvalue weighted by molar-refractivity contribution is 0.347. The number of benzene rings is 1. The quantitative estimate of drug-likeness (QED) is 0.822. The van der Waals surface area contributed by atoms with Gasteiger partial charge in [-0.2, -0.15) is 0 Å². The summed E-state index contributed by atoms with van der Waals surface area (Å²) in [5, 5.41) is 3.54. The second-order valence-corrected chi connectivity index (χ2v) is 6.19. The number of nitrogens with one attached hydrogen (secondary N) is 1. The Labute approximate surface area is 106 Å². The molecular formula is C15H26N2. The van der Waals surface area contributed by atoms with Gasteiger partial charge in [-0.1, -0.05) is 43.7 Å². The van der Waals surface area contributed by atoms with Gasteiger partial charge in [-0.05, 0) is 26.3 Å². The molecule has 0 heterocycles. The second-order valence-electron chi connectivity index (χ2n) is 6.19. The van der Waals surface area contributed by atoms with E-state index in [1.54, 1.807) is 0 Å². The highest BCUT2D eigenvalue weighted by Gasteiger charge is 2.24. The molecule has 17 heavy (non-hydrogen) atoms. The van der Waals surface area contributed by atoms with Gasteiger partial charge >= 0.3 is 0 Å². The third-order valence-electron chi connectivity index (χ3n) is 3.32. The number of hydrogen-bond acceptors (Lipinski definition) is 2. The van der Waals surface area contributed by atoms with Crippen LogP contribution >= 0.6 is 0 Å². The zero-order chi connectivity index (χ0) is 13.1. The van der Waals surface area contributed by atoms with Crippen molar-refractivity contribution in [3.63, 3.8) is 0 Å². The van der Waals surface area contributed by atoms with Crippen molar-refractivity contribution in [1.82, 2.24) is 5.32 Å². The molecule has 0 radical (unpaired) electrons. The van der Waals surface area contributed by atoms with Gasteiger partial charge in [-0.15, -0.1) is 0 Å². The SMILES string of the molecule is Cc1cccc(C(C)(C)CNC(C)(C)CN)c1. The minimum absolute atomic E-state index is 0.00109. The summed E-state index contributed by atoms with van der Waals surface area (Å²) in [5.74, 6) is 0. The zero-order valence-corrected chi connectivity index (χ0v) is 11.8. The van der Waals surface area contributed by atoms with Gasteiger partial charge in [0.2, 0.25) is 0 Å². The number of hydrogen-bond donors (Lipinski definition) is 2. The van der Waals surface area contributed by atoms with E-state index in [1.807, 2.05) is 0 Å². The fraction of sp³-hybridized carbons (Fsp3) is 0.600. The van der Waals surface area contributed by atoms with Gasteiger partial charge in [0.1, 0.15) is 0 Å². The van der Waals surface area contributed by atoms with Crippen molar-refractivity contribution in [2.24, 2.45) is 5.73 Å². The molecule has 0 aliphatic rings. The molecule has 0 unspecified atom stereocenters. The highest BCUT2D eigenvalue weighted by molar-refractivity contribution is 5.28. The Morgan fingerprint density at radius 1 is 1.18 bits per heavy atom. The Morgan fingerprint density at radius 3 is 2.35 bits per heavy atom. The van der Waals surface area contributed by atoms with Crippen molar-refractivity contribution in [1.29, 1.82) is 0 Å². The van der Waals surface area contributed by atoms with E-state index < -0.39 is 0 Å². The van der Waals surface area contributed by atoms with Gasteiger partial charge in [0, 0.05) is 24.0 Å². The molecule has 0 saturated carbocycles. The first-order valence-corrected chi connectivity index (χ1v) is 6.29. The summed E-state index contributed by atoms with van der Waals surface area (Å²) in [4.78, 5) is 0. The van der Waals surface area contributed by atoms with Gasteiger partial charge in [0.15, 0.2) is 0 Å². The zero-order valence-electron chi connectivity index (χ0n) is 11.8. The number of aryl methyl sites for hydroxylation is 1. The molecule has 96 valence electrons. The molecule has 0 atom stereocenters. The Bertz CT molecular complexity index is 367. The average Bonchev–Trinajstić information content (AvgIpc) is 2.27. The van der Waals surface area contributed by atoms with Crippen LogP contribution in [0.25, 0.3) is 0 Å². The van der Waals surface area contributed by atoms with E-state index in [9.17, 15) is 0 Å². The Kier molecular flexibility index (Phi) is 4.34. The molecule has 2 heteroatoms. The fourth-order valence-electron chi connectivity index (χ4n) is 1.70. The predicted molar refractivity (Wildman–Crippen MR) is 75.3 cm³/mol. The minimum atomic E-state index is 0.00109. The maximum Gasteiger partial charge on any atom is 0.0247 e. The van der Waals surface area contributed by atoms with Gasteiger partial charge < -0.3 is 11.1 Å². The Balaban J connectivity index is 2.75. The van der Waals surface area contributed by atoms with Crippen LogP contribution in [0.15, 0.2) is 24.3 Å².